The van der Waals surface area contributed by atoms with Crippen LogP contribution in [0.1, 0.15) is 12.0 Å². The third-order valence-corrected chi connectivity index (χ3v) is 3.62. The third kappa shape index (κ3) is 2.19. The molecule has 1 aromatic heterocycles. The minimum atomic E-state index is -0.444. The monoisotopic (exact) mass is 286 g/mol. The van der Waals surface area contributed by atoms with Crippen LogP contribution in [0.5, 0.6) is 0 Å². The van der Waals surface area contributed by atoms with Gasteiger partial charge in [0.1, 0.15) is 29.0 Å². The van der Waals surface area contributed by atoms with E-state index >= 15 is 0 Å². The molecule has 6 nitrogen and oxygen atoms in total. The van der Waals surface area contributed by atoms with Crippen molar-refractivity contribution in [2.45, 2.75) is 12.5 Å². The minimum absolute atomic E-state index is 0.0522. The second kappa shape index (κ2) is 5.07. The van der Waals surface area contributed by atoms with Gasteiger partial charge in [-0.2, -0.15) is 5.26 Å². The lowest BCUT2D eigenvalue weighted by Gasteiger charge is -2.14. The van der Waals surface area contributed by atoms with Crippen LogP contribution in [0, 0.1) is 17.1 Å². The van der Waals surface area contributed by atoms with E-state index in [2.05, 4.69) is 11.2 Å². The van der Waals surface area contributed by atoms with Crippen molar-refractivity contribution in [3.8, 4) is 11.8 Å². The molecule has 2 heterocycles. The van der Waals surface area contributed by atoms with Crippen LogP contribution in [-0.2, 0) is 0 Å². The first-order chi connectivity index (χ1) is 10.1. The molecule has 0 aliphatic carbocycles. The predicted octanol–water partition coefficient (Wildman–Crippen LogP) is 1.00. The Balaban J connectivity index is 2.10. The fourth-order valence-electron chi connectivity index (χ4n) is 2.53. The topological polar surface area (TPSA) is 96.9 Å². The number of rotatable bonds is 2. The molecule has 0 radical (unpaired) electrons. The number of nitrogen functional groups attached to an aromatic ring is 1. The first kappa shape index (κ1) is 13.4. The molecular weight excluding hydrogens is 271 g/mol. The Morgan fingerprint density at radius 2 is 2.14 bits per heavy atom. The number of nitrogens with zero attached hydrogens (tertiary/aromatic N) is 4. The van der Waals surface area contributed by atoms with Gasteiger partial charge in [-0.25, -0.2) is 9.07 Å². The highest BCUT2D eigenvalue weighted by molar-refractivity contribution is 5.67. The van der Waals surface area contributed by atoms with Crippen LogP contribution in [0.4, 0.5) is 16.0 Å². The predicted molar refractivity (Wildman–Crippen MR) is 77.5 cm³/mol. The highest BCUT2D eigenvalue weighted by Crippen LogP contribution is 2.29. The summed E-state index contributed by atoms with van der Waals surface area (Å²) in [6.45, 7) is 1.33. The van der Waals surface area contributed by atoms with Crippen molar-refractivity contribution in [2.24, 2.45) is 5.73 Å². The molecule has 1 saturated heterocycles. The van der Waals surface area contributed by atoms with E-state index in [4.69, 9.17) is 11.5 Å². The number of benzene rings is 1. The summed E-state index contributed by atoms with van der Waals surface area (Å²) in [6, 6.07) is 8.28. The van der Waals surface area contributed by atoms with Gasteiger partial charge in [0.2, 0.25) is 0 Å². The van der Waals surface area contributed by atoms with E-state index in [0.717, 1.165) is 6.42 Å². The number of nitrogens with two attached hydrogens (primary N) is 2. The minimum Gasteiger partial charge on any atom is -0.382 e. The van der Waals surface area contributed by atoms with Crippen LogP contribution in [0.25, 0.3) is 5.69 Å². The SMILES string of the molecule is N#Cc1c(N2CCC(N)C2)nn(-c2ccccc2F)c1N. The number of hydrogen-bond acceptors (Lipinski definition) is 5. The Labute approximate surface area is 121 Å². The van der Waals surface area contributed by atoms with Gasteiger partial charge in [-0.05, 0) is 18.6 Å². The summed E-state index contributed by atoms with van der Waals surface area (Å²) in [5.41, 5.74) is 12.3. The van der Waals surface area contributed by atoms with E-state index in [-0.39, 0.29) is 23.1 Å². The molecule has 0 saturated carbocycles. The summed E-state index contributed by atoms with van der Waals surface area (Å²) in [4.78, 5) is 1.91. The average molecular weight is 286 g/mol. The summed E-state index contributed by atoms with van der Waals surface area (Å²) in [5.74, 6) is 0.158. The molecule has 21 heavy (non-hydrogen) atoms. The largest absolute Gasteiger partial charge is 0.382 e. The maximum atomic E-state index is 13.9. The Morgan fingerprint density at radius 1 is 1.38 bits per heavy atom. The van der Waals surface area contributed by atoms with Crippen molar-refractivity contribution in [2.75, 3.05) is 23.7 Å². The van der Waals surface area contributed by atoms with Crippen LogP contribution in [0.15, 0.2) is 24.3 Å². The number of hydrogen-bond donors (Lipinski definition) is 2. The van der Waals surface area contributed by atoms with Crippen LogP contribution in [0.2, 0.25) is 0 Å². The van der Waals surface area contributed by atoms with E-state index < -0.39 is 5.82 Å². The Kier molecular flexibility index (Phi) is 3.23. The first-order valence-electron chi connectivity index (χ1n) is 6.66. The second-order valence-electron chi connectivity index (χ2n) is 5.05. The summed E-state index contributed by atoms with van der Waals surface area (Å²) < 4.78 is 15.2. The van der Waals surface area contributed by atoms with Crippen molar-refractivity contribution in [1.29, 1.82) is 5.26 Å². The average Bonchev–Trinajstić information content (AvgIpc) is 3.03. The molecule has 1 aromatic carbocycles. The van der Waals surface area contributed by atoms with E-state index in [1.54, 1.807) is 18.2 Å². The third-order valence-electron chi connectivity index (χ3n) is 3.62. The lowest BCUT2D eigenvalue weighted by atomic mass is 10.3. The molecule has 2 aromatic rings. The number of nitriles is 1. The molecule has 0 amide bonds. The van der Waals surface area contributed by atoms with E-state index in [0.29, 0.717) is 18.9 Å². The molecule has 0 bridgehead atoms. The molecule has 1 unspecified atom stereocenters. The lowest BCUT2D eigenvalue weighted by molar-refractivity contribution is 0.611. The molecule has 4 N–H and O–H groups in total. The van der Waals surface area contributed by atoms with Gasteiger partial charge in [-0.15, -0.1) is 5.10 Å². The van der Waals surface area contributed by atoms with Gasteiger partial charge in [-0.3, -0.25) is 0 Å². The van der Waals surface area contributed by atoms with Gasteiger partial charge in [0, 0.05) is 19.1 Å². The van der Waals surface area contributed by atoms with Crippen molar-refractivity contribution < 1.29 is 4.39 Å². The van der Waals surface area contributed by atoms with Crippen LogP contribution in [-0.4, -0.2) is 28.9 Å². The van der Waals surface area contributed by atoms with Crippen LogP contribution >= 0.6 is 0 Å². The molecular formula is C14H15FN6. The summed E-state index contributed by atoms with van der Waals surface area (Å²) >= 11 is 0. The molecule has 1 aliphatic heterocycles. The van der Waals surface area contributed by atoms with E-state index in [1.807, 2.05) is 4.90 Å². The van der Waals surface area contributed by atoms with Gasteiger partial charge >= 0.3 is 0 Å². The second-order valence-corrected chi connectivity index (χ2v) is 5.05. The highest BCUT2D eigenvalue weighted by Gasteiger charge is 2.27. The maximum Gasteiger partial charge on any atom is 0.171 e. The first-order valence-corrected chi connectivity index (χ1v) is 6.66. The number of para-hydroxylation sites is 1. The number of halogens is 1. The fraction of sp³-hybridized carbons (Fsp3) is 0.286. The summed E-state index contributed by atoms with van der Waals surface area (Å²) in [6.07, 6.45) is 0.831. The Bertz CT molecular complexity index is 717. The van der Waals surface area contributed by atoms with Crippen LogP contribution in [0.3, 0.4) is 0 Å². The molecule has 0 spiro atoms. The van der Waals surface area contributed by atoms with Gasteiger partial charge in [0.25, 0.3) is 0 Å². The van der Waals surface area contributed by atoms with Gasteiger partial charge in [0.15, 0.2) is 5.82 Å². The Hall–Kier alpha value is -2.59. The zero-order valence-corrected chi connectivity index (χ0v) is 11.3. The maximum absolute atomic E-state index is 13.9. The molecule has 108 valence electrons. The molecule has 1 aliphatic rings. The van der Waals surface area contributed by atoms with Crippen LogP contribution < -0.4 is 16.4 Å². The van der Waals surface area contributed by atoms with Gasteiger partial charge in [0.05, 0.1) is 0 Å². The summed E-state index contributed by atoms with van der Waals surface area (Å²) in [5, 5.41) is 13.6. The van der Waals surface area contributed by atoms with E-state index in [1.165, 1.54) is 10.7 Å². The quantitative estimate of drug-likeness (QED) is 0.858. The van der Waals surface area contributed by atoms with Crippen molar-refractivity contribution in [1.82, 2.24) is 9.78 Å². The lowest BCUT2D eigenvalue weighted by Crippen LogP contribution is -2.27. The number of aromatic nitrogens is 2. The standard InChI is InChI=1S/C14H15FN6/c15-11-3-1-2-4-12(11)21-13(18)10(7-16)14(19-21)20-6-5-9(17)8-20/h1-4,9H,5-6,8,17-18H2. The fourth-order valence-corrected chi connectivity index (χ4v) is 2.53. The van der Waals surface area contributed by atoms with E-state index in [9.17, 15) is 9.65 Å². The Morgan fingerprint density at radius 3 is 2.76 bits per heavy atom. The number of anilines is 2. The highest BCUT2D eigenvalue weighted by atomic mass is 19.1. The summed E-state index contributed by atoms with van der Waals surface area (Å²) in [7, 11) is 0. The zero-order valence-electron chi connectivity index (χ0n) is 11.3. The van der Waals surface area contributed by atoms with Crippen molar-refractivity contribution in [3.05, 3.63) is 35.6 Å². The molecule has 3 rings (SSSR count). The smallest absolute Gasteiger partial charge is 0.171 e. The van der Waals surface area contributed by atoms with Gasteiger partial charge < -0.3 is 16.4 Å². The molecule has 1 fully saturated rings. The van der Waals surface area contributed by atoms with Crippen molar-refractivity contribution >= 4 is 11.6 Å². The molecule has 1 atom stereocenters. The van der Waals surface area contributed by atoms with Gasteiger partial charge in [-0.1, -0.05) is 12.1 Å². The van der Waals surface area contributed by atoms with Crippen molar-refractivity contribution in [3.63, 3.8) is 0 Å². The zero-order chi connectivity index (χ0) is 15.0. The normalized spacial score (nSPS) is 18.0. The molecule has 7 heteroatoms.